The van der Waals surface area contributed by atoms with Gasteiger partial charge in [0.05, 0.1) is 5.75 Å². The molecule has 1 atom stereocenters. The van der Waals surface area contributed by atoms with E-state index >= 15 is 0 Å². The van der Waals surface area contributed by atoms with E-state index in [1.165, 1.54) is 0 Å². The number of carbonyl (C=O) groups is 1. The van der Waals surface area contributed by atoms with Gasteiger partial charge in [-0.1, -0.05) is 26.0 Å². The van der Waals surface area contributed by atoms with E-state index in [1.54, 1.807) is 24.3 Å². The van der Waals surface area contributed by atoms with Crippen LogP contribution < -0.4 is 16.2 Å². The zero-order valence-electron chi connectivity index (χ0n) is 12.4. The van der Waals surface area contributed by atoms with Crippen molar-refractivity contribution >= 4 is 15.9 Å². The average Bonchev–Trinajstić information content (AvgIpc) is 2.36. The van der Waals surface area contributed by atoms with Crippen molar-refractivity contribution in [1.29, 1.82) is 0 Å². The van der Waals surface area contributed by atoms with Crippen molar-refractivity contribution in [1.82, 2.24) is 5.32 Å². The van der Waals surface area contributed by atoms with Gasteiger partial charge in [0.2, 0.25) is 10.0 Å². The molecule has 1 aromatic rings. The molecule has 0 saturated carbocycles. The van der Waals surface area contributed by atoms with Gasteiger partial charge in [-0.2, -0.15) is 0 Å². The van der Waals surface area contributed by atoms with Crippen LogP contribution >= 0.6 is 0 Å². The number of carbonyl (C=O) groups excluding carboxylic acids is 1. The van der Waals surface area contributed by atoms with Crippen LogP contribution in [0.5, 0.6) is 0 Å². The number of hydrogen-bond donors (Lipinski definition) is 3. The zero-order chi connectivity index (χ0) is 16.0. The second-order valence-electron chi connectivity index (χ2n) is 5.54. The van der Waals surface area contributed by atoms with Crippen LogP contribution in [0, 0.1) is 5.92 Å². The van der Waals surface area contributed by atoms with Crippen LogP contribution in [0.2, 0.25) is 0 Å². The molecule has 0 spiro atoms. The van der Waals surface area contributed by atoms with E-state index in [9.17, 15) is 13.2 Å². The molecule has 1 amide bonds. The van der Waals surface area contributed by atoms with Crippen molar-refractivity contribution in [3.8, 4) is 0 Å². The van der Waals surface area contributed by atoms with Crippen molar-refractivity contribution in [2.45, 2.75) is 32.1 Å². The third-order valence-corrected chi connectivity index (χ3v) is 3.70. The summed E-state index contributed by atoms with van der Waals surface area (Å²) in [5.41, 5.74) is 6.66. The Kier molecular flexibility index (Phi) is 6.32. The first-order chi connectivity index (χ1) is 9.71. The first-order valence-corrected chi connectivity index (χ1v) is 8.53. The number of nitrogens with one attached hydrogen (secondary N) is 1. The number of sulfonamides is 1. The fourth-order valence-corrected chi connectivity index (χ4v) is 2.69. The maximum absolute atomic E-state index is 12.1. The largest absolute Gasteiger partial charge is 0.348 e. The maximum atomic E-state index is 12.1. The van der Waals surface area contributed by atoms with Gasteiger partial charge in [-0.15, -0.1) is 0 Å². The Hall–Kier alpha value is -1.44. The topological polar surface area (TPSA) is 115 Å². The number of amides is 1. The normalized spacial score (nSPS) is 13.2. The van der Waals surface area contributed by atoms with Crippen LogP contribution in [0.25, 0.3) is 0 Å². The second-order valence-corrected chi connectivity index (χ2v) is 7.15. The molecule has 0 fully saturated rings. The molecule has 1 aromatic carbocycles. The highest BCUT2D eigenvalue weighted by Gasteiger charge is 2.14. The molecule has 0 saturated heterocycles. The SMILES string of the molecule is CC(C)CC(CN)NC(=O)c1ccc(CS(N)(=O)=O)cc1. The van der Waals surface area contributed by atoms with E-state index in [1.807, 2.05) is 0 Å². The van der Waals surface area contributed by atoms with E-state index < -0.39 is 10.0 Å². The van der Waals surface area contributed by atoms with Crippen LogP contribution in [0.15, 0.2) is 24.3 Å². The quantitative estimate of drug-likeness (QED) is 0.682. The van der Waals surface area contributed by atoms with Crippen LogP contribution in [-0.2, 0) is 15.8 Å². The summed E-state index contributed by atoms with van der Waals surface area (Å²) in [4.78, 5) is 12.1. The molecule has 21 heavy (non-hydrogen) atoms. The van der Waals surface area contributed by atoms with Crippen molar-refractivity contribution in [2.75, 3.05) is 6.54 Å². The molecule has 7 heteroatoms. The molecule has 0 bridgehead atoms. The minimum Gasteiger partial charge on any atom is -0.348 e. The molecule has 118 valence electrons. The smallest absolute Gasteiger partial charge is 0.251 e. The summed E-state index contributed by atoms with van der Waals surface area (Å²) in [7, 11) is -3.56. The van der Waals surface area contributed by atoms with Gasteiger partial charge in [-0.3, -0.25) is 4.79 Å². The third kappa shape index (κ3) is 6.70. The molecular weight excluding hydrogens is 290 g/mol. The number of nitrogens with two attached hydrogens (primary N) is 2. The van der Waals surface area contributed by atoms with Crippen LogP contribution in [-0.4, -0.2) is 26.9 Å². The number of primary sulfonamides is 1. The van der Waals surface area contributed by atoms with Crippen molar-refractivity contribution in [2.24, 2.45) is 16.8 Å². The van der Waals surface area contributed by atoms with E-state index in [0.717, 1.165) is 6.42 Å². The lowest BCUT2D eigenvalue weighted by Crippen LogP contribution is -2.41. The predicted octanol–water partition coefficient (Wildman–Crippen LogP) is 0.578. The lowest BCUT2D eigenvalue weighted by Gasteiger charge is -2.18. The first kappa shape index (κ1) is 17.6. The molecule has 1 rings (SSSR count). The fraction of sp³-hybridized carbons (Fsp3) is 0.500. The maximum Gasteiger partial charge on any atom is 0.251 e. The van der Waals surface area contributed by atoms with Gasteiger partial charge < -0.3 is 11.1 Å². The van der Waals surface area contributed by atoms with Crippen molar-refractivity contribution < 1.29 is 13.2 Å². The molecule has 6 nitrogen and oxygen atoms in total. The van der Waals surface area contributed by atoms with E-state index in [-0.39, 0.29) is 17.7 Å². The van der Waals surface area contributed by atoms with Gasteiger partial charge in [0, 0.05) is 18.2 Å². The van der Waals surface area contributed by atoms with Crippen LogP contribution in [0.3, 0.4) is 0 Å². The summed E-state index contributed by atoms with van der Waals surface area (Å²) in [6.07, 6.45) is 0.811. The third-order valence-electron chi connectivity index (χ3n) is 2.96. The van der Waals surface area contributed by atoms with E-state index in [0.29, 0.717) is 23.6 Å². The molecule has 0 aromatic heterocycles. The van der Waals surface area contributed by atoms with Gasteiger partial charge in [-0.25, -0.2) is 13.6 Å². The molecule has 0 radical (unpaired) electrons. The van der Waals surface area contributed by atoms with E-state index in [4.69, 9.17) is 10.9 Å². The highest BCUT2D eigenvalue weighted by molar-refractivity contribution is 7.88. The molecule has 0 aliphatic heterocycles. The monoisotopic (exact) mass is 313 g/mol. The predicted molar refractivity (Wildman–Crippen MR) is 83.0 cm³/mol. The second kappa shape index (κ2) is 7.53. The number of benzene rings is 1. The van der Waals surface area contributed by atoms with Gasteiger partial charge in [0.1, 0.15) is 0 Å². The van der Waals surface area contributed by atoms with Gasteiger partial charge in [-0.05, 0) is 30.0 Å². The van der Waals surface area contributed by atoms with Gasteiger partial charge in [0.25, 0.3) is 5.91 Å². The minimum atomic E-state index is -3.56. The Morgan fingerprint density at radius 3 is 2.24 bits per heavy atom. The number of hydrogen-bond acceptors (Lipinski definition) is 4. The van der Waals surface area contributed by atoms with Crippen LogP contribution in [0.1, 0.15) is 36.2 Å². The fourth-order valence-electron chi connectivity index (χ4n) is 2.04. The molecule has 1 unspecified atom stereocenters. The Labute approximate surface area is 126 Å². The summed E-state index contributed by atoms with van der Waals surface area (Å²) in [5, 5.41) is 7.85. The number of rotatable bonds is 7. The Balaban J connectivity index is 2.70. The Morgan fingerprint density at radius 1 is 1.24 bits per heavy atom. The van der Waals surface area contributed by atoms with E-state index in [2.05, 4.69) is 19.2 Å². The molecule has 5 N–H and O–H groups in total. The molecule has 0 aliphatic carbocycles. The highest BCUT2D eigenvalue weighted by atomic mass is 32.2. The molecule has 0 aliphatic rings. The summed E-state index contributed by atoms with van der Waals surface area (Å²) in [6, 6.07) is 6.26. The van der Waals surface area contributed by atoms with Crippen molar-refractivity contribution in [3.63, 3.8) is 0 Å². The van der Waals surface area contributed by atoms with Gasteiger partial charge in [0.15, 0.2) is 0 Å². The Bertz CT molecular complexity index is 568. The lowest BCUT2D eigenvalue weighted by atomic mass is 10.0. The van der Waals surface area contributed by atoms with Gasteiger partial charge >= 0.3 is 0 Å². The summed E-state index contributed by atoms with van der Waals surface area (Å²) in [6.45, 7) is 4.52. The standard InChI is InChI=1S/C14H23N3O3S/c1-10(2)7-13(8-15)17-14(18)12-5-3-11(4-6-12)9-21(16,19)20/h3-6,10,13H,7-9,15H2,1-2H3,(H,17,18)(H2,16,19,20). The van der Waals surface area contributed by atoms with Crippen LogP contribution in [0.4, 0.5) is 0 Å². The summed E-state index contributed by atoms with van der Waals surface area (Å²) < 4.78 is 22.0. The summed E-state index contributed by atoms with van der Waals surface area (Å²) >= 11 is 0. The van der Waals surface area contributed by atoms with Crippen molar-refractivity contribution in [3.05, 3.63) is 35.4 Å². The highest BCUT2D eigenvalue weighted by Crippen LogP contribution is 2.09. The molecular formula is C14H23N3O3S. The lowest BCUT2D eigenvalue weighted by molar-refractivity contribution is 0.0933. The first-order valence-electron chi connectivity index (χ1n) is 6.81. The molecule has 0 heterocycles. The summed E-state index contributed by atoms with van der Waals surface area (Å²) in [5.74, 6) is -0.0162. The zero-order valence-corrected chi connectivity index (χ0v) is 13.2. The Morgan fingerprint density at radius 2 is 1.81 bits per heavy atom. The average molecular weight is 313 g/mol. The minimum absolute atomic E-state index is 0.0680.